The number of hydrogen-bond donors (Lipinski definition) is 0. The first-order chi connectivity index (χ1) is 13.6. The van der Waals surface area contributed by atoms with Crippen LogP contribution in [0.2, 0.25) is 0 Å². The molecule has 4 rings (SSSR count). The fourth-order valence-electron chi connectivity index (χ4n) is 4.50. The lowest BCUT2D eigenvalue weighted by Crippen LogP contribution is -2.51. The smallest absolute Gasteiger partial charge is 0.229 e. The zero-order valence-corrected chi connectivity index (χ0v) is 18.4. The molecule has 1 atom stereocenters. The van der Waals surface area contributed by atoms with Crippen molar-refractivity contribution < 1.29 is 9.53 Å². The second-order valence-corrected chi connectivity index (χ2v) is 9.44. The molecule has 0 unspecified atom stereocenters. The number of nitrogens with zero attached hydrogens (tertiary/aromatic N) is 3. The normalized spacial score (nSPS) is 24.1. The molecule has 28 heavy (non-hydrogen) atoms. The van der Waals surface area contributed by atoms with Crippen molar-refractivity contribution in [3.63, 3.8) is 0 Å². The Labute approximate surface area is 178 Å². The summed E-state index contributed by atoms with van der Waals surface area (Å²) in [7, 11) is 1.63. The van der Waals surface area contributed by atoms with Crippen LogP contribution in [0.15, 0.2) is 33.3 Å². The van der Waals surface area contributed by atoms with Crippen LogP contribution in [0.5, 0.6) is 5.75 Å². The van der Waals surface area contributed by atoms with Crippen LogP contribution in [0.4, 0.5) is 0 Å². The highest BCUT2D eigenvalue weighted by Gasteiger charge is 2.40. The second kappa shape index (κ2) is 8.48. The molecule has 1 saturated carbocycles. The summed E-state index contributed by atoms with van der Waals surface area (Å²) in [6, 6.07) is 8.73. The maximum Gasteiger partial charge on any atom is 0.229 e. The molecule has 1 aliphatic carbocycles. The number of amides is 1. The number of ether oxygens (including phenoxy) is 1. The minimum atomic E-state index is -0.259. The van der Waals surface area contributed by atoms with E-state index in [0.717, 1.165) is 20.9 Å². The van der Waals surface area contributed by atoms with E-state index in [9.17, 15) is 10.1 Å². The molecule has 0 aromatic heterocycles. The monoisotopic (exact) mass is 461 g/mol. The molecule has 2 aliphatic heterocycles. The van der Waals surface area contributed by atoms with Crippen molar-refractivity contribution in [3.05, 3.63) is 38.8 Å². The van der Waals surface area contributed by atoms with Crippen molar-refractivity contribution in [2.24, 2.45) is 0 Å². The molecule has 7 heteroatoms. The van der Waals surface area contributed by atoms with Crippen LogP contribution in [-0.4, -0.2) is 41.4 Å². The Morgan fingerprint density at radius 2 is 2.07 bits per heavy atom. The first kappa shape index (κ1) is 19.8. The van der Waals surface area contributed by atoms with E-state index in [4.69, 9.17) is 4.74 Å². The Kier molecular flexibility index (Phi) is 6.00. The highest BCUT2D eigenvalue weighted by molar-refractivity contribution is 9.10. The third kappa shape index (κ3) is 3.70. The number of hydrogen-bond acceptors (Lipinski definition) is 5. The highest BCUT2D eigenvalue weighted by Crippen LogP contribution is 2.45. The second-order valence-electron chi connectivity index (χ2n) is 7.59. The van der Waals surface area contributed by atoms with E-state index in [1.807, 2.05) is 23.1 Å². The van der Waals surface area contributed by atoms with Crippen molar-refractivity contribution in [1.82, 2.24) is 9.80 Å². The van der Waals surface area contributed by atoms with Crippen LogP contribution in [0, 0.1) is 11.3 Å². The first-order valence-electron chi connectivity index (χ1n) is 9.77. The van der Waals surface area contributed by atoms with E-state index < -0.39 is 0 Å². The summed E-state index contributed by atoms with van der Waals surface area (Å²) in [4.78, 5) is 17.3. The van der Waals surface area contributed by atoms with Gasteiger partial charge in [-0.05, 0) is 31.0 Å². The average molecular weight is 462 g/mol. The van der Waals surface area contributed by atoms with Crippen LogP contribution in [0.3, 0.4) is 0 Å². The van der Waals surface area contributed by atoms with Crippen LogP contribution in [-0.2, 0) is 4.79 Å². The van der Waals surface area contributed by atoms with E-state index in [1.165, 1.54) is 32.1 Å². The van der Waals surface area contributed by atoms with Crippen molar-refractivity contribution in [2.75, 3.05) is 19.7 Å². The quantitative estimate of drug-likeness (QED) is 0.646. The number of thioether (sulfide) groups is 1. The first-order valence-corrected chi connectivity index (χ1v) is 11.5. The number of fused-ring (bicyclic) bond motifs is 1. The minimum Gasteiger partial charge on any atom is -0.496 e. The molecule has 0 spiro atoms. The lowest BCUT2D eigenvalue weighted by molar-refractivity contribution is -0.132. The molecule has 1 saturated heterocycles. The third-order valence-corrected chi connectivity index (χ3v) is 7.64. The molecule has 148 valence electrons. The summed E-state index contributed by atoms with van der Waals surface area (Å²) in [6.07, 6.45) is 6.60. The predicted octanol–water partition coefficient (Wildman–Crippen LogP) is 4.81. The van der Waals surface area contributed by atoms with Gasteiger partial charge in [0.2, 0.25) is 5.91 Å². The number of halogens is 1. The standard InChI is InChI=1S/C21H24BrN3O2S/c1-27-19-8-7-14(22)9-17(19)16-10-20(26)25-12-24(15-5-3-2-4-6-15)13-28-21(25)18(16)11-23/h7-9,15-16H,2-6,10,12-13H2,1H3/t16-/m1/s1. The Hall–Kier alpha value is -1.49. The molecular weight excluding hydrogens is 438 g/mol. The molecule has 1 aromatic carbocycles. The fourth-order valence-corrected chi connectivity index (χ4v) is 6.11. The number of nitriles is 1. The van der Waals surface area contributed by atoms with Crippen molar-refractivity contribution in [2.45, 2.75) is 50.5 Å². The van der Waals surface area contributed by atoms with Gasteiger partial charge in [0, 0.05) is 28.4 Å². The number of allylic oxidation sites excluding steroid dienone is 1. The third-order valence-electron chi connectivity index (χ3n) is 5.97. The van der Waals surface area contributed by atoms with Gasteiger partial charge in [-0.15, -0.1) is 0 Å². The number of carbonyl (C=O) groups excluding carboxylic acids is 1. The summed E-state index contributed by atoms with van der Waals surface area (Å²) in [5.41, 5.74) is 1.58. The summed E-state index contributed by atoms with van der Waals surface area (Å²) >= 11 is 5.15. The molecular formula is C21H24BrN3O2S. The lowest BCUT2D eigenvalue weighted by atomic mass is 9.86. The molecule has 3 aliphatic rings. The van der Waals surface area contributed by atoms with Crippen LogP contribution < -0.4 is 4.74 Å². The predicted molar refractivity (Wildman–Crippen MR) is 114 cm³/mol. The zero-order valence-electron chi connectivity index (χ0n) is 16.0. The molecule has 0 bridgehead atoms. The zero-order chi connectivity index (χ0) is 19.7. The number of rotatable bonds is 3. The molecule has 0 radical (unpaired) electrons. The van der Waals surface area contributed by atoms with Gasteiger partial charge in [0.15, 0.2) is 0 Å². The van der Waals surface area contributed by atoms with Gasteiger partial charge in [0.25, 0.3) is 0 Å². The number of carbonyl (C=O) groups is 1. The van der Waals surface area contributed by atoms with Gasteiger partial charge in [-0.2, -0.15) is 5.26 Å². The van der Waals surface area contributed by atoms with Gasteiger partial charge in [0.1, 0.15) is 5.75 Å². The molecule has 1 aromatic rings. The van der Waals surface area contributed by atoms with E-state index in [-0.39, 0.29) is 11.8 Å². The van der Waals surface area contributed by atoms with Gasteiger partial charge in [-0.3, -0.25) is 14.6 Å². The molecule has 2 fully saturated rings. The maximum atomic E-state index is 13.1. The maximum absolute atomic E-state index is 13.1. The SMILES string of the molecule is COc1ccc(Br)cc1[C@H]1CC(=O)N2CN(C3CCCCC3)CSC2=C1C#N. The summed E-state index contributed by atoms with van der Waals surface area (Å²) in [5, 5.41) is 10.8. The minimum absolute atomic E-state index is 0.0917. The van der Waals surface area contributed by atoms with E-state index in [2.05, 4.69) is 26.9 Å². The van der Waals surface area contributed by atoms with Crippen LogP contribution in [0.25, 0.3) is 0 Å². The van der Waals surface area contributed by atoms with Gasteiger partial charge < -0.3 is 4.74 Å². The molecule has 5 nitrogen and oxygen atoms in total. The van der Waals surface area contributed by atoms with E-state index >= 15 is 0 Å². The number of methoxy groups -OCH3 is 1. The lowest BCUT2D eigenvalue weighted by Gasteiger charge is -2.44. The van der Waals surface area contributed by atoms with Crippen molar-refractivity contribution >= 4 is 33.6 Å². The fraction of sp³-hybridized carbons (Fsp3) is 0.524. The number of benzene rings is 1. The van der Waals surface area contributed by atoms with E-state index in [1.54, 1.807) is 18.9 Å². The summed E-state index contributed by atoms with van der Waals surface area (Å²) < 4.78 is 6.44. The Morgan fingerprint density at radius 3 is 2.79 bits per heavy atom. The van der Waals surface area contributed by atoms with Gasteiger partial charge >= 0.3 is 0 Å². The van der Waals surface area contributed by atoms with Gasteiger partial charge in [-0.1, -0.05) is 47.0 Å². The van der Waals surface area contributed by atoms with Gasteiger partial charge in [0.05, 0.1) is 36.3 Å². The molecule has 1 amide bonds. The average Bonchev–Trinajstić information content (AvgIpc) is 2.74. The topological polar surface area (TPSA) is 56.6 Å². The largest absolute Gasteiger partial charge is 0.496 e. The summed E-state index contributed by atoms with van der Waals surface area (Å²) in [5.74, 6) is 1.39. The van der Waals surface area contributed by atoms with Crippen molar-refractivity contribution in [1.29, 1.82) is 5.26 Å². The van der Waals surface area contributed by atoms with E-state index in [0.29, 0.717) is 30.5 Å². The van der Waals surface area contributed by atoms with Gasteiger partial charge in [-0.25, -0.2) is 0 Å². The Balaban J connectivity index is 1.65. The molecule has 0 N–H and O–H groups in total. The Morgan fingerprint density at radius 1 is 1.29 bits per heavy atom. The highest BCUT2D eigenvalue weighted by atomic mass is 79.9. The van der Waals surface area contributed by atoms with Crippen molar-refractivity contribution in [3.8, 4) is 11.8 Å². The molecule has 2 heterocycles. The van der Waals surface area contributed by atoms with Crippen LogP contribution >= 0.6 is 27.7 Å². The Bertz CT molecular complexity index is 845. The van der Waals surface area contributed by atoms with Crippen LogP contribution in [0.1, 0.15) is 50.0 Å². The summed E-state index contributed by atoms with van der Waals surface area (Å²) in [6.45, 7) is 0.610.